The molecule has 1 fully saturated rings. The SMILES string of the molecule is COc1ccncc1-n1c(=O)c(CN(CCc2ccc(Cl)cc2)C2CCN(C(=O)c3c(F)cccc3F)CC2)c(C)n1C. The molecule has 0 spiro atoms. The van der Waals surface area contributed by atoms with Crippen LogP contribution in [0.1, 0.15) is 40.0 Å². The largest absolute Gasteiger partial charge is 0.494 e. The lowest BCUT2D eigenvalue weighted by Gasteiger charge is -2.38. The first kappa shape index (κ1) is 30.4. The van der Waals surface area contributed by atoms with Crippen molar-refractivity contribution < 1.29 is 18.3 Å². The number of halogens is 3. The standard InChI is InChI=1S/C32H34ClF2N5O3/c1-21-25(31(41)40(37(21)2)28-19-36-15-11-29(28)43-3)20-39(16-12-22-7-9-23(33)10-8-22)24-13-17-38(18-14-24)32(42)30-26(34)5-4-6-27(30)35/h4-11,15,19,24H,12-14,16-18,20H2,1-3H3. The second-order valence-electron chi connectivity index (χ2n) is 10.7. The third-order valence-corrected chi connectivity index (χ3v) is 8.54. The number of carbonyl (C=O) groups excluding carboxylic acids is 1. The van der Waals surface area contributed by atoms with Gasteiger partial charge in [0.15, 0.2) is 0 Å². The molecule has 0 bridgehead atoms. The van der Waals surface area contributed by atoms with Gasteiger partial charge in [-0.05, 0) is 56.0 Å². The number of methoxy groups -OCH3 is 1. The van der Waals surface area contributed by atoms with Crippen molar-refractivity contribution >= 4 is 17.5 Å². The molecular weight excluding hydrogens is 576 g/mol. The zero-order valence-corrected chi connectivity index (χ0v) is 25.2. The van der Waals surface area contributed by atoms with Crippen molar-refractivity contribution in [3.63, 3.8) is 0 Å². The highest BCUT2D eigenvalue weighted by atomic mass is 35.5. The monoisotopic (exact) mass is 609 g/mol. The summed E-state index contributed by atoms with van der Waals surface area (Å²) in [5.74, 6) is -1.84. The molecule has 11 heteroatoms. The second kappa shape index (κ2) is 13.1. The fraction of sp³-hybridized carbons (Fsp3) is 0.344. The van der Waals surface area contributed by atoms with Gasteiger partial charge in [-0.15, -0.1) is 0 Å². The summed E-state index contributed by atoms with van der Waals surface area (Å²) in [4.78, 5) is 34.9. The third kappa shape index (κ3) is 6.35. The first-order chi connectivity index (χ1) is 20.7. The average molecular weight is 610 g/mol. The molecule has 4 aromatic rings. The number of nitrogens with zero attached hydrogens (tertiary/aromatic N) is 5. The summed E-state index contributed by atoms with van der Waals surface area (Å²) < 4.78 is 37.5. The van der Waals surface area contributed by atoms with Gasteiger partial charge >= 0.3 is 0 Å². The predicted octanol–water partition coefficient (Wildman–Crippen LogP) is 5.17. The third-order valence-electron chi connectivity index (χ3n) is 8.29. The summed E-state index contributed by atoms with van der Waals surface area (Å²) in [5, 5.41) is 0.662. The predicted molar refractivity (Wildman–Crippen MR) is 161 cm³/mol. The van der Waals surface area contributed by atoms with Crippen molar-refractivity contribution in [3.05, 3.63) is 110 Å². The van der Waals surface area contributed by atoms with Gasteiger partial charge in [0.2, 0.25) is 0 Å². The highest BCUT2D eigenvalue weighted by Crippen LogP contribution is 2.25. The number of hydrogen-bond donors (Lipinski definition) is 0. The number of amides is 1. The van der Waals surface area contributed by atoms with Gasteiger partial charge in [0.1, 0.15) is 28.6 Å². The van der Waals surface area contributed by atoms with E-state index in [0.717, 1.165) is 29.8 Å². The van der Waals surface area contributed by atoms with Crippen LogP contribution in [0, 0.1) is 18.6 Å². The molecule has 0 saturated carbocycles. The number of likely N-dealkylation sites (tertiary alicyclic amines) is 1. The van der Waals surface area contributed by atoms with E-state index >= 15 is 0 Å². The van der Waals surface area contributed by atoms with E-state index in [1.165, 1.54) is 11.0 Å². The van der Waals surface area contributed by atoms with Crippen LogP contribution in [0.5, 0.6) is 5.75 Å². The van der Waals surface area contributed by atoms with E-state index in [9.17, 15) is 18.4 Å². The Kier molecular flexibility index (Phi) is 9.27. The van der Waals surface area contributed by atoms with E-state index in [4.69, 9.17) is 16.3 Å². The second-order valence-corrected chi connectivity index (χ2v) is 11.2. The Labute approximate surface area is 254 Å². The van der Waals surface area contributed by atoms with Gasteiger partial charge in [0, 0.05) is 62.2 Å². The molecule has 0 atom stereocenters. The van der Waals surface area contributed by atoms with Crippen molar-refractivity contribution in [1.29, 1.82) is 0 Å². The number of benzene rings is 2. The molecule has 0 aliphatic carbocycles. The molecule has 226 valence electrons. The van der Waals surface area contributed by atoms with Crippen LogP contribution in [0.2, 0.25) is 5.02 Å². The lowest BCUT2D eigenvalue weighted by atomic mass is 10.00. The van der Waals surface area contributed by atoms with E-state index in [1.807, 2.05) is 38.2 Å². The molecule has 1 aliphatic rings. The van der Waals surface area contributed by atoms with Gasteiger partial charge < -0.3 is 9.64 Å². The Morgan fingerprint density at radius 1 is 1.09 bits per heavy atom. The summed E-state index contributed by atoms with van der Waals surface area (Å²) >= 11 is 6.09. The maximum Gasteiger partial charge on any atom is 0.276 e. The quantitative estimate of drug-likeness (QED) is 0.262. The summed E-state index contributed by atoms with van der Waals surface area (Å²) in [6.45, 7) is 3.66. The fourth-order valence-electron chi connectivity index (χ4n) is 5.73. The van der Waals surface area contributed by atoms with Crippen molar-refractivity contribution in [3.8, 4) is 11.4 Å². The van der Waals surface area contributed by atoms with Crippen LogP contribution < -0.4 is 10.3 Å². The molecule has 0 radical (unpaired) electrons. The van der Waals surface area contributed by atoms with E-state index in [2.05, 4.69) is 9.88 Å². The summed E-state index contributed by atoms with van der Waals surface area (Å²) in [5.41, 5.74) is 2.44. The van der Waals surface area contributed by atoms with Crippen molar-refractivity contribution in [2.24, 2.45) is 7.05 Å². The van der Waals surface area contributed by atoms with E-state index in [1.54, 1.807) is 34.9 Å². The average Bonchev–Trinajstić information content (AvgIpc) is 3.22. The number of ether oxygens (including phenoxy) is 1. The van der Waals surface area contributed by atoms with Gasteiger partial charge in [-0.3, -0.25) is 24.2 Å². The molecule has 8 nitrogen and oxygen atoms in total. The highest BCUT2D eigenvalue weighted by molar-refractivity contribution is 6.30. The van der Waals surface area contributed by atoms with E-state index in [-0.39, 0.29) is 11.6 Å². The first-order valence-corrected chi connectivity index (χ1v) is 14.5. The van der Waals surface area contributed by atoms with Crippen LogP contribution in [-0.2, 0) is 20.0 Å². The number of piperidine rings is 1. The molecular formula is C32H34ClF2N5O3. The van der Waals surface area contributed by atoms with Crippen molar-refractivity contribution in [2.45, 2.75) is 38.8 Å². The number of rotatable bonds is 9. The molecule has 2 aromatic heterocycles. The smallest absolute Gasteiger partial charge is 0.276 e. The summed E-state index contributed by atoms with van der Waals surface area (Å²) in [6, 6.07) is 12.9. The van der Waals surface area contributed by atoms with Crippen LogP contribution in [-0.4, -0.2) is 62.8 Å². The molecule has 1 saturated heterocycles. The van der Waals surface area contributed by atoms with Crippen LogP contribution in [0.15, 0.2) is 65.7 Å². The lowest BCUT2D eigenvalue weighted by Crippen LogP contribution is -2.47. The number of carbonyl (C=O) groups is 1. The van der Waals surface area contributed by atoms with Crippen LogP contribution in [0.25, 0.3) is 5.69 Å². The Balaban J connectivity index is 1.40. The van der Waals surface area contributed by atoms with E-state index < -0.39 is 23.1 Å². The number of hydrogen-bond acceptors (Lipinski definition) is 5. The topological polar surface area (TPSA) is 72.6 Å². The minimum Gasteiger partial charge on any atom is -0.494 e. The van der Waals surface area contributed by atoms with Crippen LogP contribution in [0.4, 0.5) is 8.78 Å². The molecule has 1 amide bonds. The summed E-state index contributed by atoms with van der Waals surface area (Å²) in [7, 11) is 3.38. The molecule has 43 heavy (non-hydrogen) atoms. The molecule has 0 unspecified atom stereocenters. The zero-order chi connectivity index (χ0) is 30.7. The normalized spacial score (nSPS) is 14.0. The van der Waals surface area contributed by atoms with Gasteiger partial charge in [-0.1, -0.05) is 29.8 Å². The minimum absolute atomic E-state index is 0.0437. The Morgan fingerprint density at radius 2 is 1.77 bits per heavy atom. The highest BCUT2D eigenvalue weighted by Gasteiger charge is 2.31. The first-order valence-electron chi connectivity index (χ1n) is 14.2. The van der Waals surface area contributed by atoms with Gasteiger partial charge in [0.25, 0.3) is 11.5 Å². The molecule has 1 aliphatic heterocycles. The molecule has 0 N–H and O–H groups in total. The molecule has 2 aromatic carbocycles. The lowest BCUT2D eigenvalue weighted by molar-refractivity contribution is 0.0599. The van der Waals surface area contributed by atoms with Gasteiger partial charge in [0.05, 0.1) is 18.9 Å². The molecule has 3 heterocycles. The Hall–Kier alpha value is -4.02. The maximum absolute atomic E-state index is 14.3. The number of pyridine rings is 1. The number of aromatic nitrogens is 3. The minimum atomic E-state index is -0.863. The van der Waals surface area contributed by atoms with Crippen molar-refractivity contribution in [1.82, 2.24) is 24.1 Å². The Bertz CT molecular complexity index is 1640. The van der Waals surface area contributed by atoms with Crippen LogP contribution in [0.3, 0.4) is 0 Å². The zero-order valence-electron chi connectivity index (χ0n) is 24.4. The van der Waals surface area contributed by atoms with Gasteiger partial charge in [-0.25, -0.2) is 13.5 Å². The van der Waals surface area contributed by atoms with E-state index in [0.29, 0.717) is 61.0 Å². The van der Waals surface area contributed by atoms with Gasteiger partial charge in [-0.2, -0.15) is 0 Å². The maximum atomic E-state index is 14.3. The summed E-state index contributed by atoms with van der Waals surface area (Å²) in [6.07, 6.45) is 5.14. The Morgan fingerprint density at radius 3 is 2.42 bits per heavy atom. The van der Waals surface area contributed by atoms with Crippen LogP contribution >= 0.6 is 11.6 Å². The fourth-order valence-corrected chi connectivity index (χ4v) is 5.86. The molecule has 5 rings (SSSR count). The van der Waals surface area contributed by atoms with Crippen molar-refractivity contribution in [2.75, 3.05) is 26.7 Å².